The van der Waals surface area contributed by atoms with Crippen molar-refractivity contribution < 1.29 is 18.5 Å². The van der Waals surface area contributed by atoms with E-state index in [1.54, 1.807) is 41.3 Å². The van der Waals surface area contributed by atoms with Crippen molar-refractivity contribution >= 4 is 11.6 Å². The summed E-state index contributed by atoms with van der Waals surface area (Å²) >= 11 is 0. The zero-order valence-corrected chi connectivity index (χ0v) is 16.2. The van der Waals surface area contributed by atoms with Crippen LogP contribution in [0.3, 0.4) is 0 Å². The highest BCUT2D eigenvalue weighted by molar-refractivity contribution is 5.92. The number of non-ortho nitro benzene ring substituents is 1. The normalized spacial score (nSPS) is 14.6. The smallest absolute Gasteiger partial charge is 0.289 e. The lowest BCUT2D eigenvalue weighted by molar-refractivity contribution is -0.384. The van der Waals surface area contributed by atoms with E-state index in [0.717, 1.165) is 5.56 Å². The van der Waals surface area contributed by atoms with Gasteiger partial charge in [-0.3, -0.25) is 19.8 Å². The van der Waals surface area contributed by atoms with E-state index in [2.05, 4.69) is 4.90 Å². The van der Waals surface area contributed by atoms with Crippen LogP contribution >= 0.6 is 0 Å². The Morgan fingerprint density at radius 2 is 1.77 bits per heavy atom. The number of nitro groups is 1. The molecule has 1 aliphatic rings. The first-order valence-electron chi connectivity index (χ1n) is 9.60. The number of nitro benzene ring substituents is 1. The minimum atomic E-state index is -0.399. The number of amides is 1. The third-order valence-electron chi connectivity index (χ3n) is 5.13. The Morgan fingerprint density at radius 1 is 1.03 bits per heavy atom. The van der Waals surface area contributed by atoms with E-state index in [0.29, 0.717) is 44.0 Å². The molecule has 2 heterocycles. The van der Waals surface area contributed by atoms with E-state index >= 15 is 0 Å². The van der Waals surface area contributed by atoms with Crippen LogP contribution in [0.2, 0.25) is 0 Å². The Hall–Kier alpha value is -3.52. The number of piperazine rings is 1. The van der Waals surface area contributed by atoms with Crippen molar-refractivity contribution in [2.45, 2.75) is 6.54 Å². The van der Waals surface area contributed by atoms with Gasteiger partial charge in [0.05, 0.1) is 4.92 Å². The molecule has 0 bridgehead atoms. The summed E-state index contributed by atoms with van der Waals surface area (Å²) in [5.41, 5.74) is 1.66. The summed E-state index contributed by atoms with van der Waals surface area (Å²) in [5.74, 6) is 0.257. The highest BCUT2D eigenvalue weighted by atomic mass is 19.1. The van der Waals surface area contributed by atoms with E-state index in [1.165, 1.54) is 18.2 Å². The maximum atomic E-state index is 13.1. The monoisotopic (exact) mass is 409 g/mol. The van der Waals surface area contributed by atoms with E-state index in [9.17, 15) is 19.3 Å². The lowest BCUT2D eigenvalue weighted by Gasteiger charge is -2.34. The third kappa shape index (κ3) is 4.38. The summed E-state index contributed by atoms with van der Waals surface area (Å²) in [5, 5.41) is 10.9. The van der Waals surface area contributed by atoms with Gasteiger partial charge in [0.2, 0.25) is 0 Å². The molecule has 1 fully saturated rings. The summed E-state index contributed by atoms with van der Waals surface area (Å²) in [6, 6.07) is 15.9. The second-order valence-corrected chi connectivity index (χ2v) is 7.17. The minimum absolute atomic E-state index is 0.0797. The van der Waals surface area contributed by atoms with Gasteiger partial charge in [0, 0.05) is 50.4 Å². The zero-order valence-electron chi connectivity index (χ0n) is 16.2. The Labute approximate surface area is 172 Å². The number of furan rings is 1. The van der Waals surface area contributed by atoms with Crippen molar-refractivity contribution in [2.24, 2.45) is 0 Å². The van der Waals surface area contributed by atoms with Crippen molar-refractivity contribution in [3.8, 4) is 11.3 Å². The van der Waals surface area contributed by atoms with E-state index in [4.69, 9.17) is 4.42 Å². The number of carbonyl (C=O) groups excluding carboxylic acids is 1. The Morgan fingerprint density at radius 3 is 2.47 bits per heavy atom. The van der Waals surface area contributed by atoms with E-state index in [1.807, 2.05) is 6.07 Å². The van der Waals surface area contributed by atoms with Crippen LogP contribution in [0.4, 0.5) is 10.1 Å². The van der Waals surface area contributed by atoms with Crippen LogP contribution in [0.1, 0.15) is 16.1 Å². The molecule has 0 atom stereocenters. The van der Waals surface area contributed by atoms with Crippen LogP contribution in [0.15, 0.2) is 65.1 Å². The molecule has 154 valence electrons. The summed E-state index contributed by atoms with van der Waals surface area (Å²) in [4.78, 5) is 27.2. The summed E-state index contributed by atoms with van der Waals surface area (Å²) in [6.07, 6.45) is 0. The summed E-state index contributed by atoms with van der Waals surface area (Å²) in [7, 11) is 0. The molecule has 4 rings (SSSR count). The first kappa shape index (κ1) is 19.8. The van der Waals surface area contributed by atoms with Crippen LogP contribution in [0.25, 0.3) is 11.3 Å². The topological polar surface area (TPSA) is 79.8 Å². The van der Waals surface area contributed by atoms with Gasteiger partial charge in [-0.1, -0.05) is 12.1 Å². The molecule has 1 saturated heterocycles. The molecule has 0 aliphatic carbocycles. The number of hydrogen-bond acceptors (Lipinski definition) is 5. The zero-order chi connectivity index (χ0) is 21.1. The quantitative estimate of drug-likeness (QED) is 0.471. The van der Waals surface area contributed by atoms with Crippen molar-refractivity contribution in [1.29, 1.82) is 0 Å². The van der Waals surface area contributed by atoms with Gasteiger partial charge >= 0.3 is 0 Å². The summed E-state index contributed by atoms with van der Waals surface area (Å²) in [6.45, 7) is 3.01. The predicted molar refractivity (Wildman–Crippen MR) is 108 cm³/mol. The van der Waals surface area contributed by atoms with Crippen molar-refractivity contribution in [2.75, 3.05) is 26.2 Å². The highest BCUT2D eigenvalue weighted by Gasteiger charge is 2.24. The molecule has 7 nitrogen and oxygen atoms in total. The minimum Gasteiger partial charge on any atom is -0.451 e. The standard InChI is InChI=1S/C22H20FN3O4/c23-18-6-4-17(5-7-18)20-8-9-21(30-20)22(27)25-12-10-24(11-13-25)15-16-2-1-3-19(14-16)26(28)29/h1-9,14H,10-13,15H2. The van der Waals surface area contributed by atoms with Gasteiger partial charge in [0.25, 0.3) is 11.6 Å². The second-order valence-electron chi connectivity index (χ2n) is 7.17. The summed E-state index contributed by atoms with van der Waals surface area (Å²) < 4.78 is 18.8. The molecule has 3 aromatic rings. The van der Waals surface area contributed by atoms with Crippen LogP contribution in [0, 0.1) is 15.9 Å². The van der Waals surface area contributed by atoms with Gasteiger partial charge in [-0.2, -0.15) is 0 Å². The first-order valence-corrected chi connectivity index (χ1v) is 9.60. The van der Waals surface area contributed by atoms with Crippen LogP contribution < -0.4 is 0 Å². The van der Waals surface area contributed by atoms with Gasteiger partial charge in [-0.05, 0) is 42.0 Å². The Bertz CT molecular complexity index is 1060. The van der Waals surface area contributed by atoms with Gasteiger partial charge in [0.15, 0.2) is 5.76 Å². The number of halogens is 1. The molecule has 0 unspecified atom stereocenters. The van der Waals surface area contributed by atoms with Crippen molar-refractivity contribution in [1.82, 2.24) is 9.80 Å². The van der Waals surface area contributed by atoms with Crippen LogP contribution in [0.5, 0.6) is 0 Å². The molecule has 8 heteroatoms. The van der Waals surface area contributed by atoms with E-state index in [-0.39, 0.29) is 23.2 Å². The average Bonchev–Trinajstić information content (AvgIpc) is 3.25. The number of carbonyl (C=O) groups is 1. The van der Waals surface area contributed by atoms with E-state index < -0.39 is 4.92 Å². The van der Waals surface area contributed by atoms with Crippen molar-refractivity contribution in [3.63, 3.8) is 0 Å². The molecular weight excluding hydrogens is 389 g/mol. The predicted octanol–water partition coefficient (Wildman–Crippen LogP) is 3.95. The lowest BCUT2D eigenvalue weighted by Crippen LogP contribution is -2.48. The molecule has 0 saturated carbocycles. The molecule has 0 N–H and O–H groups in total. The number of hydrogen-bond donors (Lipinski definition) is 0. The fourth-order valence-electron chi connectivity index (χ4n) is 3.51. The SMILES string of the molecule is O=C(c1ccc(-c2ccc(F)cc2)o1)N1CCN(Cc2cccc([N+](=O)[O-])c2)CC1. The molecule has 0 radical (unpaired) electrons. The van der Waals surface area contributed by atoms with Gasteiger partial charge in [-0.25, -0.2) is 4.39 Å². The molecule has 2 aromatic carbocycles. The molecular formula is C22H20FN3O4. The number of benzene rings is 2. The van der Waals surface area contributed by atoms with Crippen LogP contribution in [-0.2, 0) is 6.54 Å². The van der Waals surface area contributed by atoms with Gasteiger partial charge in [-0.15, -0.1) is 0 Å². The third-order valence-corrected chi connectivity index (χ3v) is 5.13. The molecule has 1 aromatic heterocycles. The molecule has 30 heavy (non-hydrogen) atoms. The maximum Gasteiger partial charge on any atom is 0.289 e. The average molecular weight is 409 g/mol. The first-order chi connectivity index (χ1) is 14.5. The van der Waals surface area contributed by atoms with Gasteiger partial charge < -0.3 is 9.32 Å². The van der Waals surface area contributed by atoms with Crippen LogP contribution in [-0.4, -0.2) is 46.8 Å². The van der Waals surface area contributed by atoms with Gasteiger partial charge in [0.1, 0.15) is 11.6 Å². The number of nitrogens with zero attached hydrogens (tertiary/aromatic N) is 3. The fraction of sp³-hybridized carbons (Fsp3) is 0.227. The maximum absolute atomic E-state index is 13.1. The largest absolute Gasteiger partial charge is 0.451 e. The molecule has 0 spiro atoms. The highest BCUT2D eigenvalue weighted by Crippen LogP contribution is 2.24. The van der Waals surface area contributed by atoms with Crippen molar-refractivity contribution in [3.05, 3.63) is 87.9 Å². The molecule has 1 aliphatic heterocycles. The number of rotatable bonds is 5. The lowest BCUT2D eigenvalue weighted by atomic mass is 10.1. The Kier molecular flexibility index (Phi) is 5.58. The Balaban J connectivity index is 1.35. The second kappa shape index (κ2) is 8.46. The molecule has 1 amide bonds. The fourth-order valence-corrected chi connectivity index (χ4v) is 3.51.